The van der Waals surface area contributed by atoms with Crippen LogP contribution in [0.25, 0.3) is 11.1 Å². The summed E-state index contributed by atoms with van der Waals surface area (Å²) >= 11 is 0. The molecule has 1 atom stereocenters. The van der Waals surface area contributed by atoms with Crippen LogP contribution in [0.3, 0.4) is 0 Å². The maximum atomic E-state index is 15.7. The fourth-order valence-corrected chi connectivity index (χ4v) is 4.43. The Labute approximate surface area is 193 Å². The van der Waals surface area contributed by atoms with Gasteiger partial charge in [0.15, 0.2) is 11.6 Å². The normalized spacial score (nSPS) is 18.6. The number of hydrogen-bond acceptors (Lipinski definition) is 5. The van der Waals surface area contributed by atoms with E-state index in [0.717, 1.165) is 0 Å². The van der Waals surface area contributed by atoms with Crippen molar-refractivity contribution in [3.05, 3.63) is 47.0 Å². The van der Waals surface area contributed by atoms with Gasteiger partial charge in [-0.1, -0.05) is 12.1 Å². The minimum absolute atomic E-state index is 0.0509. The highest BCUT2D eigenvalue weighted by molar-refractivity contribution is 5.76. The van der Waals surface area contributed by atoms with Crippen molar-refractivity contribution in [3.63, 3.8) is 0 Å². The molecule has 0 aliphatic carbocycles. The molecule has 0 radical (unpaired) electrons. The Balaban J connectivity index is 1.63. The van der Waals surface area contributed by atoms with Gasteiger partial charge in [0.1, 0.15) is 23.8 Å². The van der Waals surface area contributed by atoms with Crippen LogP contribution in [0.1, 0.15) is 31.9 Å². The third kappa shape index (κ3) is 4.62. The van der Waals surface area contributed by atoms with E-state index in [1.807, 2.05) is 20.8 Å². The van der Waals surface area contributed by atoms with Gasteiger partial charge in [-0.25, -0.2) is 13.6 Å². The van der Waals surface area contributed by atoms with Gasteiger partial charge in [0, 0.05) is 37.3 Å². The van der Waals surface area contributed by atoms with Crippen LogP contribution in [0.15, 0.2) is 24.3 Å². The van der Waals surface area contributed by atoms with Gasteiger partial charge in [-0.05, 0) is 45.4 Å². The molecule has 8 heteroatoms. The molecule has 1 saturated heterocycles. The summed E-state index contributed by atoms with van der Waals surface area (Å²) in [5.74, 6) is -0.948. The van der Waals surface area contributed by atoms with Gasteiger partial charge in [-0.2, -0.15) is 0 Å². The summed E-state index contributed by atoms with van der Waals surface area (Å²) in [6.45, 7) is 9.20. The topological polar surface area (TPSA) is 51.2 Å². The second kappa shape index (κ2) is 8.82. The Kier molecular flexibility index (Phi) is 6.22. The second-order valence-electron chi connectivity index (χ2n) is 9.55. The first-order valence-electron chi connectivity index (χ1n) is 11.1. The molecule has 1 amide bonds. The van der Waals surface area contributed by atoms with E-state index in [-0.39, 0.29) is 30.1 Å². The molecule has 2 aromatic carbocycles. The van der Waals surface area contributed by atoms with Crippen LogP contribution in [0, 0.1) is 18.6 Å². The predicted octanol–water partition coefficient (Wildman–Crippen LogP) is 4.76. The lowest BCUT2D eigenvalue weighted by molar-refractivity contribution is -0.00164. The van der Waals surface area contributed by atoms with E-state index in [0.29, 0.717) is 48.6 Å². The van der Waals surface area contributed by atoms with E-state index >= 15 is 8.78 Å². The fourth-order valence-electron chi connectivity index (χ4n) is 4.43. The van der Waals surface area contributed by atoms with Crippen molar-refractivity contribution in [2.24, 2.45) is 0 Å². The van der Waals surface area contributed by atoms with Gasteiger partial charge in [0.2, 0.25) is 0 Å². The van der Waals surface area contributed by atoms with E-state index in [2.05, 4.69) is 4.90 Å². The molecule has 2 aliphatic rings. The molecule has 0 aromatic heterocycles. The Morgan fingerprint density at radius 2 is 1.94 bits per heavy atom. The smallest absolute Gasteiger partial charge is 0.410 e. The van der Waals surface area contributed by atoms with Crippen LogP contribution in [0.4, 0.5) is 13.6 Å². The number of nitrogens with zero attached hydrogens (tertiary/aromatic N) is 2. The molecule has 33 heavy (non-hydrogen) atoms. The molecule has 0 spiro atoms. The fraction of sp³-hybridized carbons (Fsp3) is 0.480. The highest BCUT2D eigenvalue weighted by Gasteiger charge is 2.36. The van der Waals surface area contributed by atoms with Gasteiger partial charge < -0.3 is 19.1 Å². The van der Waals surface area contributed by atoms with Crippen molar-refractivity contribution in [1.82, 2.24) is 9.80 Å². The molecule has 2 aliphatic heterocycles. The first kappa shape index (κ1) is 23.3. The number of carbonyl (C=O) groups is 1. The number of fused-ring (bicyclic) bond motifs is 2. The molecular formula is C25H30F2N2O4. The zero-order valence-corrected chi connectivity index (χ0v) is 19.7. The van der Waals surface area contributed by atoms with Crippen molar-refractivity contribution in [2.75, 3.05) is 33.4 Å². The zero-order chi connectivity index (χ0) is 23.9. The van der Waals surface area contributed by atoms with E-state index < -0.39 is 17.2 Å². The SMILES string of the molecule is COc1cccc(C)c1-c1c(F)cc2c(c1F)OC[C@H]1CN(C(=O)OC(C)(C)C)CCN1C2. The number of carbonyl (C=O) groups excluding carboxylic acids is 1. The van der Waals surface area contributed by atoms with Crippen LogP contribution in [0.5, 0.6) is 11.5 Å². The monoisotopic (exact) mass is 460 g/mol. The maximum absolute atomic E-state index is 15.7. The summed E-state index contributed by atoms with van der Waals surface area (Å²) in [6, 6.07) is 6.44. The van der Waals surface area contributed by atoms with Crippen LogP contribution in [-0.2, 0) is 11.3 Å². The molecule has 0 saturated carbocycles. The van der Waals surface area contributed by atoms with Crippen molar-refractivity contribution >= 4 is 6.09 Å². The minimum atomic E-state index is -0.735. The summed E-state index contributed by atoms with van der Waals surface area (Å²) in [4.78, 5) is 16.2. The Hall–Kier alpha value is -2.87. The van der Waals surface area contributed by atoms with Crippen molar-refractivity contribution in [3.8, 4) is 22.6 Å². The number of methoxy groups -OCH3 is 1. The molecule has 4 rings (SSSR count). The number of hydrogen-bond donors (Lipinski definition) is 0. The van der Waals surface area contributed by atoms with Gasteiger partial charge in [-0.3, -0.25) is 4.90 Å². The average Bonchev–Trinajstić information content (AvgIpc) is 2.92. The van der Waals surface area contributed by atoms with Crippen molar-refractivity contribution in [2.45, 2.75) is 45.9 Å². The lowest BCUT2D eigenvalue weighted by Crippen LogP contribution is -2.56. The maximum Gasteiger partial charge on any atom is 0.410 e. The quantitative estimate of drug-likeness (QED) is 0.647. The summed E-state index contributed by atoms with van der Waals surface area (Å²) in [6.07, 6.45) is -0.380. The third-order valence-corrected chi connectivity index (χ3v) is 6.00. The van der Waals surface area contributed by atoms with E-state index in [4.69, 9.17) is 14.2 Å². The first-order chi connectivity index (χ1) is 15.6. The van der Waals surface area contributed by atoms with E-state index in [1.54, 1.807) is 30.0 Å². The Morgan fingerprint density at radius 3 is 2.64 bits per heavy atom. The summed E-state index contributed by atoms with van der Waals surface area (Å²) in [5.41, 5.74) is 0.789. The summed E-state index contributed by atoms with van der Waals surface area (Å²) in [7, 11) is 1.47. The lowest BCUT2D eigenvalue weighted by atomic mass is 9.96. The standard InChI is InChI=1S/C25H30F2N2O4/c1-15-7-6-8-19(31-5)20(15)21-18(26)11-16-12-28-9-10-29(24(30)33-25(2,3)4)13-17(28)14-32-23(16)22(21)27/h6-8,11,17H,9-10,12-14H2,1-5H3/t17-/m1/s1. The summed E-state index contributed by atoms with van der Waals surface area (Å²) in [5, 5.41) is 0. The predicted molar refractivity (Wildman–Crippen MR) is 121 cm³/mol. The number of aryl methyl sites for hydroxylation is 1. The molecular weight excluding hydrogens is 430 g/mol. The minimum Gasteiger partial charge on any atom is -0.496 e. The highest BCUT2D eigenvalue weighted by atomic mass is 19.1. The van der Waals surface area contributed by atoms with Crippen molar-refractivity contribution in [1.29, 1.82) is 0 Å². The number of halogens is 2. The molecule has 2 heterocycles. The largest absolute Gasteiger partial charge is 0.496 e. The van der Waals surface area contributed by atoms with Crippen LogP contribution in [0.2, 0.25) is 0 Å². The van der Waals surface area contributed by atoms with E-state index in [9.17, 15) is 4.79 Å². The van der Waals surface area contributed by atoms with Gasteiger partial charge >= 0.3 is 6.09 Å². The van der Waals surface area contributed by atoms with Crippen LogP contribution in [-0.4, -0.2) is 60.9 Å². The number of rotatable bonds is 2. The molecule has 0 unspecified atom stereocenters. The van der Waals surface area contributed by atoms with Gasteiger partial charge in [-0.15, -0.1) is 0 Å². The molecule has 6 nitrogen and oxygen atoms in total. The lowest BCUT2D eigenvalue weighted by Gasteiger charge is -2.40. The number of ether oxygens (including phenoxy) is 3. The molecule has 2 aromatic rings. The van der Waals surface area contributed by atoms with Crippen molar-refractivity contribution < 1.29 is 27.8 Å². The third-order valence-electron chi connectivity index (χ3n) is 6.00. The Bertz CT molecular complexity index is 1070. The van der Waals surface area contributed by atoms with E-state index in [1.165, 1.54) is 13.2 Å². The molecule has 178 valence electrons. The van der Waals surface area contributed by atoms with Gasteiger partial charge in [0.25, 0.3) is 0 Å². The summed E-state index contributed by atoms with van der Waals surface area (Å²) < 4.78 is 47.8. The second-order valence-corrected chi connectivity index (χ2v) is 9.55. The Morgan fingerprint density at radius 1 is 1.18 bits per heavy atom. The number of piperazine rings is 1. The molecule has 1 fully saturated rings. The highest BCUT2D eigenvalue weighted by Crippen LogP contribution is 2.42. The zero-order valence-electron chi connectivity index (χ0n) is 19.7. The number of amides is 1. The number of benzene rings is 2. The van der Waals surface area contributed by atoms with Crippen LogP contribution < -0.4 is 9.47 Å². The van der Waals surface area contributed by atoms with Crippen LogP contribution >= 0.6 is 0 Å². The average molecular weight is 461 g/mol. The molecule has 0 N–H and O–H groups in total. The first-order valence-corrected chi connectivity index (χ1v) is 11.1. The molecule has 0 bridgehead atoms. The van der Waals surface area contributed by atoms with Gasteiger partial charge in [0.05, 0.1) is 18.7 Å².